The Morgan fingerprint density at radius 3 is 2.25 bits per heavy atom. The highest BCUT2D eigenvalue weighted by Gasteiger charge is 2.25. The van der Waals surface area contributed by atoms with E-state index in [0.717, 1.165) is 19.1 Å². The van der Waals surface area contributed by atoms with Crippen molar-refractivity contribution in [3.63, 3.8) is 0 Å². The molecule has 24 heavy (non-hydrogen) atoms. The van der Waals surface area contributed by atoms with Gasteiger partial charge in [-0.15, -0.1) is 0 Å². The van der Waals surface area contributed by atoms with Gasteiger partial charge in [-0.25, -0.2) is 9.59 Å². The number of hydrogen-bond acceptors (Lipinski definition) is 7. The van der Waals surface area contributed by atoms with Crippen LogP contribution in [0.2, 0.25) is 0 Å². The zero-order valence-corrected chi connectivity index (χ0v) is 15.9. The predicted octanol–water partition coefficient (Wildman–Crippen LogP) is 1.98. The largest absolute Gasteiger partial charge is 0.464 e. The van der Waals surface area contributed by atoms with Gasteiger partial charge in [0, 0.05) is 0 Å². The number of carbonyl (C=O) groups is 2. The predicted molar refractivity (Wildman–Crippen MR) is 89.1 cm³/mol. The molecule has 8 nitrogen and oxygen atoms in total. The fraction of sp³-hybridized carbons (Fsp3) is 0.867. The van der Waals surface area contributed by atoms with Crippen molar-refractivity contribution in [3.05, 3.63) is 0 Å². The highest BCUT2D eigenvalue weighted by Crippen LogP contribution is 2.09. The Morgan fingerprint density at radius 1 is 1.12 bits per heavy atom. The molecule has 0 aromatic rings. The van der Waals surface area contributed by atoms with E-state index in [-0.39, 0.29) is 26.1 Å². The minimum Gasteiger partial charge on any atom is -0.464 e. The summed E-state index contributed by atoms with van der Waals surface area (Å²) >= 11 is 0. The van der Waals surface area contributed by atoms with Crippen LogP contribution < -0.4 is 5.32 Å². The molecule has 0 aliphatic heterocycles. The molecule has 9 heteroatoms. The van der Waals surface area contributed by atoms with Crippen LogP contribution in [0.15, 0.2) is 0 Å². The zero-order chi connectivity index (χ0) is 18.8. The Bertz CT molecular complexity index is 496. The van der Waals surface area contributed by atoms with E-state index in [1.54, 1.807) is 20.8 Å². The second-order valence-electron chi connectivity index (χ2n) is 6.39. The lowest BCUT2D eigenvalue weighted by Gasteiger charge is -2.23. The summed E-state index contributed by atoms with van der Waals surface area (Å²) in [6.07, 6.45) is 2.25. The van der Waals surface area contributed by atoms with Crippen LogP contribution in [0.3, 0.4) is 0 Å². The molecule has 0 spiro atoms. The van der Waals surface area contributed by atoms with Crippen molar-refractivity contribution in [1.82, 2.24) is 5.32 Å². The van der Waals surface area contributed by atoms with Crippen molar-refractivity contribution < 1.29 is 31.7 Å². The van der Waals surface area contributed by atoms with Crippen molar-refractivity contribution >= 4 is 22.2 Å². The molecule has 1 N–H and O–H groups in total. The van der Waals surface area contributed by atoms with Gasteiger partial charge in [-0.1, -0.05) is 13.3 Å². The first-order valence-electron chi connectivity index (χ1n) is 7.95. The van der Waals surface area contributed by atoms with E-state index in [1.165, 1.54) is 0 Å². The molecule has 0 fully saturated rings. The highest BCUT2D eigenvalue weighted by atomic mass is 32.2. The van der Waals surface area contributed by atoms with Crippen LogP contribution in [-0.4, -0.2) is 51.6 Å². The molecule has 0 radical (unpaired) electrons. The Balaban J connectivity index is 4.58. The van der Waals surface area contributed by atoms with Crippen molar-refractivity contribution in [3.8, 4) is 0 Å². The number of alkyl carbamates (subject to hydrolysis) is 1. The first-order chi connectivity index (χ1) is 10.9. The van der Waals surface area contributed by atoms with Gasteiger partial charge in [0.25, 0.3) is 10.1 Å². The lowest BCUT2D eigenvalue weighted by atomic mass is 10.1. The Kier molecular flexibility index (Phi) is 9.91. The van der Waals surface area contributed by atoms with Crippen molar-refractivity contribution in [2.75, 3.05) is 19.5 Å². The fourth-order valence-electron chi connectivity index (χ4n) is 1.61. The normalized spacial score (nSPS) is 13.2. The molecule has 0 aliphatic carbocycles. The molecule has 0 heterocycles. The molecule has 0 aromatic carbocycles. The monoisotopic (exact) mass is 367 g/mol. The Hall–Kier alpha value is -1.35. The molecular formula is C15H29NO7S. The number of carbonyl (C=O) groups excluding carboxylic acids is 2. The standard InChI is InChI=1S/C15H29NO7S/c1-6-7-10-21-13(17)12(9-8-11-22-24(5,19)20)16-14(18)23-15(2,3)4/h12H,6-11H2,1-5H3,(H,16,18)/t12-/m0/s1. The van der Waals surface area contributed by atoms with Crippen LogP contribution in [-0.2, 0) is 28.6 Å². The van der Waals surface area contributed by atoms with Crippen LogP contribution in [0.25, 0.3) is 0 Å². The van der Waals surface area contributed by atoms with Gasteiger partial charge in [0.05, 0.1) is 19.5 Å². The summed E-state index contributed by atoms with van der Waals surface area (Å²) in [6.45, 7) is 7.28. The molecule has 0 unspecified atom stereocenters. The summed E-state index contributed by atoms with van der Waals surface area (Å²) in [5.74, 6) is -0.575. The van der Waals surface area contributed by atoms with Crippen LogP contribution in [0.5, 0.6) is 0 Å². The van der Waals surface area contributed by atoms with E-state index in [1.807, 2.05) is 6.92 Å². The third kappa shape index (κ3) is 13.1. The highest BCUT2D eigenvalue weighted by molar-refractivity contribution is 7.85. The Morgan fingerprint density at radius 2 is 1.75 bits per heavy atom. The van der Waals surface area contributed by atoms with Crippen molar-refractivity contribution in [2.45, 2.75) is 65.0 Å². The maximum atomic E-state index is 12.1. The lowest BCUT2D eigenvalue weighted by molar-refractivity contribution is -0.146. The molecule has 1 amide bonds. The smallest absolute Gasteiger partial charge is 0.408 e. The number of esters is 1. The summed E-state index contributed by atoms with van der Waals surface area (Å²) in [7, 11) is -3.54. The van der Waals surface area contributed by atoms with Gasteiger partial charge >= 0.3 is 12.1 Å². The molecule has 0 rings (SSSR count). The van der Waals surface area contributed by atoms with Gasteiger partial charge in [-0.05, 0) is 40.0 Å². The molecule has 0 saturated carbocycles. The second-order valence-corrected chi connectivity index (χ2v) is 8.03. The van der Waals surface area contributed by atoms with Crippen LogP contribution >= 0.6 is 0 Å². The van der Waals surface area contributed by atoms with Crippen molar-refractivity contribution in [2.24, 2.45) is 0 Å². The van der Waals surface area contributed by atoms with Gasteiger partial charge in [-0.3, -0.25) is 4.18 Å². The Labute approximate surface area is 144 Å². The summed E-state index contributed by atoms with van der Waals surface area (Å²) in [6, 6.07) is -0.917. The van der Waals surface area contributed by atoms with Gasteiger partial charge in [0.2, 0.25) is 0 Å². The maximum Gasteiger partial charge on any atom is 0.408 e. The van der Waals surface area contributed by atoms with Crippen molar-refractivity contribution in [1.29, 1.82) is 0 Å². The third-order valence-corrected chi connectivity index (χ3v) is 3.25. The second kappa shape index (κ2) is 10.5. The van der Waals surface area contributed by atoms with Crippen LogP contribution in [0, 0.1) is 0 Å². The first-order valence-corrected chi connectivity index (χ1v) is 9.77. The average molecular weight is 367 g/mol. The molecule has 0 aromatic heterocycles. The van der Waals surface area contributed by atoms with E-state index in [4.69, 9.17) is 9.47 Å². The molecule has 142 valence electrons. The molecule has 0 saturated heterocycles. The van der Waals surface area contributed by atoms with Gasteiger partial charge < -0.3 is 14.8 Å². The van der Waals surface area contributed by atoms with E-state index in [9.17, 15) is 18.0 Å². The van der Waals surface area contributed by atoms with E-state index in [2.05, 4.69) is 9.50 Å². The molecule has 0 bridgehead atoms. The van der Waals surface area contributed by atoms with Gasteiger partial charge in [0.15, 0.2) is 0 Å². The molecule has 0 aliphatic rings. The quantitative estimate of drug-likeness (QED) is 0.357. The number of unbranched alkanes of at least 4 members (excludes halogenated alkanes) is 1. The number of amides is 1. The number of hydrogen-bond donors (Lipinski definition) is 1. The minimum atomic E-state index is -3.54. The first kappa shape index (κ1) is 22.6. The summed E-state index contributed by atoms with van der Waals surface area (Å²) in [4.78, 5) is 23.9. The molecule has 1 atom stereocenters. The van der Waals surface area contributed by atoms with Crippen LogP contribution in [0.4, 0.5) is 4.79 Å². The van der Waals surface area contributed by atoms with E-state index < -0.39 is 33.8 Å². The summed E-state index contributed by atoms with van der Waals surface area (Å²) < 4.78 is 36.7. The minimum absolute atomic E-state index is 0.0758. The average Bonchev–Trinajstić information content (AvgIpc) is 2.39. The fourth-order valence-corrected chi connectivity index (χ4v) is 2.03. The third-order valence-electron chi connectivity index (χ3n) is 2.65. The van der Waals surface area contributed by atoms with Crippen LogP contribution in [0.1, 0.15) is 53.4 Å². The lowest BCUT2D eigenvalue weighted by Crippen LogP contribution is -2.44. The van der Waals surface area contributed by atoms with Gasteiger partial charge in [0.1, 0.15) is 11.6 Å². The van der Waals surface area contributed by atoms with E-state index >= 15 is 0 Å². The SMILES string of the molecule is CCCCOC(=O)[C@H](CCCOS(C)(=O)=O)NC(=O)OC(C)(C)C. The zero-order valence-electron chi connectivity index (χ0n) is 15.1. The summed E-state index contributed by atoms with van der Waals surface area (Å²) in [5.41, 5.74) is -0.694. The number of rotatable bonds is 10. The summed E-state index contributed by atoms with van der Waals surface area (Å²) in [5, 5.41) is 2.46. The van der Waals surface area contributed by atoms with E-state index in [0.29, 0.717) is 0 Å². The molecular weight excluding hydrogens is 338 g/mol. The number of nitrogens with one attached hydrogen (secondary N) is 1. The topological polar surface area (TPSA) is 108 Å². The maximum absolute atomic E-state index is 12.1. The number of ether oxygens (including phenoxy) is 2. The van der Waals surface area contributed by atoms with Gasteiger partial charge in [-0.2, -0.15) is 8.42 Å².